The molecule has 9 nitrogen and oxygen atoms in total. The number of ether oxygens (including phenoxy) is 2. The van der Waals surface area contributed by atoms with Crippen LogP contribution < -0.4 is 15.2 Å². The highest BCUT2D eigenvalue weighted by molar-refractivity contribution is 7.98. The van der Waals surface area contributed by atoms with Crippen molar-refractivity contribution in [2.45, 2.75) is 56.5 Å². The molecule has 46 heavy (non-hydrogen) atoms. The molecule has 0 bridgehead atoms. The van der Waals surface area contributed by atoms with Gasteiger partial charge in [0, 0.05) is 40.9 Å². The maximum absolute atomic E-state index is 16.2. The normalized spacial score (nSPS) is 21.3. The number of carbonyl (C=O) groups excluding carboxylic acids is 2. The van der Waals surface area contributed by atoms with E-state index in [2.05, 4.69) is 23.2 Å². The lowest BCUT2D eigenvalue weighted by molar-refractivity contribution is -0.159. The van der Waals surface area contributed by atoms with Crippen molar-refractivity contribution in [2.75, 3.05) is 18.3 Å². The van der Waals surface area contributed by atoms with Gasteiger partial charge in [0.15, 0.2) is 5.69 Å². The van der Waals surface area contributed by atoms with Crippen molar-refractivity contribution in [1.82, 2.24) is 9.58 Å². The van der Waals surface area contributed by atoms with Crippen LogP contribution in [0.1, 0.15) is 66.8 Å². The van der Waals surface area contributed by atoms with Crippen LogP contribution in [0.5, 0.6) is 5.75 Å². The fraction of sp³-hybridized carbons (Fsp3) is 0.343. The molecule has 1 amide bonds. The second-order valence-electron chi connectivity index (χ2n) is 12.7. The van der Waals surface area contributed by atoms with Crippen molar-refractivity contribution in [3.63, 3.8) is 0 Å². The number of fused-ring (bicyclic) bond motifs is 6. The molecule has 1 aliphatic carbocycles. The molecular formula is C35H36FN3O6S. The van der Waals surface area contributed by atoms with Gasteiger partial charge in [-0.2, -0.15) is 0 Å². The summed E-state index contributed by atoms with van der Waals surface area (Å²) in [5.41, 5.74) is 2.29. The van der Waals surface area contributed by atoms with Gasteiger partial charge >= 0.3 is 5.97 Å². The molecule has 1 unspecified atom stereocenters. The van der Waals surface area contributed by atoms with Crippen molar-refractivity contribution in [1.29, 1.82) is 0 Å². The van der Waals surface area contributed by atoms with Crippen LogP contribution in [0.2, 0.25) is 0 Å². The monoisotopic (exact) mass is 645 g/mol. The Labute approximate surface area is 270 Å². The zero-order valence-corrected chi connectivity index (χ0v) is 26.7. The molecule has 4 aliphatic rings. The second-order valence-corrected chi connectivity index (χ2v) is 13.8. The fourth-order valence-corrected chi connectivity index (χ4v) is 7.88. The van der Waals surface area contributed by atoms with Gasteiger partial charge in [-0.15, -0.1) is 11.8 Å². The van der Waals surface area contributed by atoms with Gasteiger partial charge in [-0.1, -0.05) is 54.1 Å². The molecule has 0 spiro atoms. The Morgan fingerprint density at radius 3 is 2.70 bits per heavy atom. The lowest BCUT2D eigenvalue weighted by Crippen LogP contribution is -2.67. The van der Waals surface area contributed by atoms with Crippen molar-refractivity contribution in [3.05, 3.63) is 117 Å². The molecule has 11 heteroatoms. The minimum atomic E-state index is -0.774. The number of thioether (sulfide) groups is 1. The fourth-order valence-electron chi connectivity index (χ4n) is 6.79. The number of esters is 1. The highest BCUT2D eigenvalue weighted by Gasteiger charge is 2.50. The van der Waals surface area contributed by atoms with Crippen LogP contribution in [0.3, 0.4) is 0 Å². The van der Waals surface area contributed by atoms with Crippen molar-refractivity contribution < 1.29 is 28.9 Å². The van der Waals surface area contributed by atoms with Crippen LogP contribution in [0.15, 0.2) is 88.2 Å². The zero-order valence-electron chi connectivity index (χ0n) is 25.9. The van der Waals surface area contributed by atoms with E-state index in [0.29, 0.717) is 30.7 Å². The standard InChI is InChI=1S/C35H34FN3O5S.H2O/c1-35(2,3)34(42)44-20-43-31-26(40)16-18-38-30(31)33(41)37-17-15-21-9-4-5-11-23(21)32(37)39(38)29-24-12-6-7-14-27(24)45-19-22-10-8-13-25(36)28(22)29;/h4-10,12-14,16,18,23,29,32H,11,15,17,19-20H2,1-3H3;1H2/t23-,29?,32+;/m0./s1. The third-order valence-corrected chi connectivity index (χ3v) is 10.1. The number of benzene rings is 2. The number of allylic oxidation sites excluding steroid dienone is 3. The third kappa shape index (κ3) is 5.21. The first-order chi connectivity index (χ1) is 21.6. The number of hydrogen-bond acceptors (Lipinski definition) is 7. The number of amides is 1. The molecule has 1 aromatic heterocycles. The summed E-state index contributed by atoms with van der Waals surface area (Å²) < 4.78 is 29.0. The summed E-state index contributed by atoms with van der Waals surface area (Å²) in [6, 6.07) is 13.9. The lowest BCUT2D eigenvalue weighted by atomic mass is 9.81. The Morgan fingerprint density at radius 2 is 1.89 bits per heavy atom. The van der Waals surface area contributed by atoms with Crippen LogP contribution in [0.4, 0.5) is 4.39 Å². The van der Waals surface area contributed by atoms with E-state index in [9.17, 15) is 14.4 Å². The smallest absolute Gasteiger partial charge is 0.314 e. The number of carbonyl (C=O) groups is 2. The quantitative estimate of drug-likeness (QED) is 0.286. The number of rotatable bonds is 4. The van der Waals surface area contributed by atoms with E-state index in [0.717, 1.165) is 16.0 Å². The SMILES string of the molecule is CC(C)(C)C(=O)OCOc1c2n(ccc1=O)N(C1c3ccccc3SCc3cccc(F)c31)[C@@H]1[C@H]3CC=CC=C3CCN1C2=O.O. The Hall–Kier alpha value is -4.35. The van der Waals surface area contributed by atoms with Crippen LogP contribution in [0.25, 0.3) is 0 Å². The topological polar surface area (TPSA) is 113 Å². The summed E-state index contributed by atoms with van der Waals surface area (Å²) >= 11 is 1.66. The van der Waals surface area contributed by atoms with E-state index in [1.807, 2.05) is 30.3 Å². The first kappa shape index (κ1) is 31.6. The maximum atomic E-state index is 16.2. The molecule has 240 valence electrons. The minimum Gasteiger partial charge on any atom is -0.451 e. The van der Waals surface area contributed by atoms with Gasteiger partial charge in [0.2, 0.25) is 18.0 Å². The Morgan fingerprint density at radius 1 is 1.09 bits per heavy atom. The highest BCUT2D eigenvalue weighted by atomic mass is 32.2. The summed E-state index contributed by atoms with van der Waals surface area (Å²) in [5.74, 6) is -0.853. The van der Waals surface area contributed by atoms with E-state index < -0.39 is 35.8 Å². The summed E-state index contributed by atoms with van der Waals surface area (Å²) in [5, 5.41) is 2.06. The average Bonchev–Trinajstić information content (AvgIpc) is 3.19. The highest BCUT2D eigenvalue weighted by Crippen LogP contribution is 2.48. The lowest BCUT2D eigenvalue weighted by Gasteiger charge is -2.55. The number of nitrogens with zero attached hydrogens (tertiary/aromatic N) is 3. The van der Waals surface area contributed by atoms with E-state index in [1.54, 1.807) is 54.4 Å². The van der Waals surface area contributed by atoms with Crippen LogP contribution in [-0.4, -0.2) is 46.4 Å². The molecule has 4 heterocycles. The molecule has 2 N–H and O–H groups in total. The van der Waals surface area contributed by atoms with E-state index in [1.165, 1.54) is 17.7 Å². The Kier molecular flexibility index (Phi) is 8.32. The molecule has 7 rings (SSSR count). The summed E-state index contributed by atoms with van der Waals surface area (Å²) in [7, 11) is 0. The van der Waals surface area contributed by atoms with Gasteiger partial charge in [-0.25, -0.2) is 4.39 Å². The first-order valence-corrected chi connectivity index (χ1v) is 16.1. The number of pyridine rings is 1. The molecule has 3 aliphatic heterocycles. The third-order valence-electron chi connectivity index (χ3n) is 8.94. The number of halogens is 1. The van der Waals surface area contributed by atoms with Gasteiger partial charge in [-0.3, -0.25) is 24.1 Å². The average molecular weight is 646 g/mol. The number of aromatic nitrogens is 1. The first-order valence-electron chi connectivity index (χ1n) is 15.1. The summed E-state index contributed by atoms with van der Waals surface area (Å²) in [4.78, 5) is 43.1. The van der Waals surface area contributed by atoms with Gasteiger partial charge in [0.1, 0.15) is 18.0 Å². The van der Waals surface area contributed by atoms with Crippen molar-refractivity contribution in [3.8, 4) is 5.75 Å². The molecule has 0 radical (unpaired) electrons. The molecular weight excluding hydrogens is 609 g/mol. The van der Waals surface area contributed by atoms with Crippen LogP contribution in [0, 0.1) is 17.2 Å². The Bertz CT molecular complexity index is 1830. The van der Waals surface area contributed by atoms with Gasteiger partial charge in [0.05, 0.1) is 5.41 Å². The van der Waals surface area contributed by atoms with Crippen molar-refractivity contribution >= 4 is 23.6 Å². The van der Waals surface area contributed by atoms with E-state index in [-0.39, 0.29) is 34.6 Å². The van der Waals surface area contributed by atoms with E-state index >= 15 is 4.39 Å². The molecule has 1 fully saturated rings. The van der Waals surface area contributed by atoms with Gasteiger partial charge in [-0.05, 0) is 56.9 Å². The molecule has 2 aromatic carbocycles. The number of hydrogen-bond donors (Lipinski definition) is 0. The largest absolute Gasteiger partial charge is 0.451 e. The predicted molar refractivity (Wildman–Crippen MR) is 173 cm³/mol. The van der Waals surface area contributed by atoms with Gasteiger partial charge in [0.25, 0.3) is 5.91 Å². The summed E-state index contributed by atoms with van der Waals surface area (Å²) in [6.45, 7) is 5.05. The maximum Gasteiger partial charge on any atom is 0.314 e. The molecule has 0 saturated carbocycles. The minimum absolute atomic E-state index is 0. The van der Waals surface area contributed by atoms with Crippen LogP contribution >= 0.6 is 11.8 Å². The van der Waals surface area contributed by atoms with Crippen LogP contribution in [-0.2, 0) is 15.3 Å². The molecule has 3 aromatic rings. The van der Waals surface area contributed by atoms with Gasteiger partial charge < -0.3 is 19.8 Å². The Balaban J connectivity index is 0.00000372. The summed E-state index contributed by atoms with van der Waals surface area (Å²) in [6.07, 6.45) is 8.79. The van der Waals surface area contributed by atoms with E-state index in [4.69, 9.17) is 9.47 Å². The molecule has 1 saturated heterocycles. The zero-order chi connectivity index (χ0) is 31.5. The van der Waals surface area contributed by atoms with Crippen molar-refractivity contribution in [2.24, 2.45) is 11.3 Å². The predicted octanol–water partition coefficient (Wildman–Crippen LogP) is 5.11. The second kappa shape index (κ2) is 12.1. The molecule has 3 atom stereocenters. The number of piperidine rings is 1.